The van der Waals surface area contributed by atoms with Crippen molar-refractivity contribution >= 4 is 16.8 Å². The van der Waals surface area contributed by atoms with E-state index >= 15 is 0 Å². The maximum Gasteiger partial charge on any atom is 0.335 e. The third kappa shape index (κ3) is 4.22. The van der Waals surface area contributed by atoms with E-state index in [-0.39, 0.29) is 10.5 Å². The van der Waals surface area contributed by atoms with Crippen LogP contribution >= 0.6 is 0 Å². The van der Waals surface area contributed by atoms with Crippen LogP contribution in [-0.2, 0) is 10.8 Å². The molecule has 1 aromatic carbocycles. The van der Waals surface area contributed by atoms with E-state index in [2.05, 4.69) is 6.92 Å². The molecule has 0 bridgehead atoms. The lowest BCUT2D eigenvalue weighted by Gasteiger charge is -2.05. The fraction of sp³-hybridized carbons (Fsp3) is 0.462. The maximum absolute atomic E-state index is 13.5. The fourth-order valence-electron chi connectivity index (χ4n) is 1.58. The molecule has 0 saturated carbocycles. The first-order valence-electron chi connectivity index (χ1n) is 5.97. The van der Waals surface area contributed by atoms with Crippen molar-refractivity contribution in [1.29, 1.82) is 0 Å². The average Bonchev–Trinajstić information content (AvgIpc) is 2.34. The zero-order chi connectivity index (χ0) is 13.5. The van der Waals surface area contributed by atoms with Crippen LogP contribution in [0.15, 0.2) is 23.1 Å². The normalized spacial score (nSPS) is 12.3. The number of unbranched alkanes of at least 4 members (excludes halogenated alkanes) is 3. The van der Waals surface area contributed by atoms with Gasteiger partial charge in [-0.3, -0.25) is 4.21 Å². The molecule has 0 aromatic heterocycles. The van der Waals surface area contributed by atoms with Crippen LogP contribution in [0.2, 0.25) is 0 Å². The van der Waals surface area contributed by atoms with Crippen molar-refractivity contribution < 1.29 is 18.5 Å². The molecule has 1 atom stereocenters. The Morgan fingerprint density at radius 3 is 2.67 bits per heavy atom. The Hall–Kier alpha value is -1.23. The van der Waals surface area contributed by atoms with Crippen LogP contribution in [0.25, 0.3) is 0 Å². The largest absolute Gasteiger partial charge is 0.478 e. The summed E-state index contributed by atoms with van der Waals surface area (Å²) in [5.41, 5.74) is -0.0340. The van der Waals surface area contributed by atoms with Gasteiger partial charge in [-0.1, -0.05) is 26.2 Å². The Bertz CT molecular complexity index is 446. The van der Waals surface area contributed by atoms with Gasteiger partial charge < -0.3 is 5.11 Å². The second kappa shape index (κ2) is 7.26. The van der Waals surface area contributed by atoms with Gasteiger partial charge in [0.1, 0.15) is 5.82 Å². The van der Waals surface area contributed by atoms with Gasteiger partial charge in [0.25, 0.3) is 0 Å². The first kappa shape index (κ1) is 14.8. The van der Waals surface area contributed by atoms with E-state index in [1.165, 1.54) is 6.07 Å². The maximum atomic E-state index is 13.5. The number of rotatable bonds is 7. The fourth-order valence-corrected chi connectivity index (χ4v) is 2.81. The van der Waals surface area contributed by atoms with Gasteiger partial charge in [-0.25, -0.2) is 9.18 Å². The minimum absolute atomic E-state index is 0.00796. The van der Waals surface area contributed by atoms with Crippen LogP contribution in [0, 0.1) is 5.82 Å². The summed E-state index contributed by atoms with van der Waals surface area (Å²) in [5.74, 6) is -1.37. The van der Waals surface area contributed by atoms with Crippen LogP contribution in [0.3, 0.4) is 0 Å². The van der Waals surface area contributed by atoms with Crippen LogP contribution < -0.4 is 0 Å². The molecule has 0 aliphatic rings. The van der Waals surface area contributed by atoms with Crippen LogP contribution in [0.4, 0.5) is 4.39 Å². The molecule has 18 heavy (non-hydrogen) atoms. The minimum atomic E-state index is -1.46. The predicted octanol–water partition coefficient (Wildman–Crippen LogP) is 3.21. The van der Waals surface area contributed by atoms with E-state index < -0.39 is 22.6 Å². The number of carbonyl (C=O) groups is 1. The number of halogens is 1. The number of benzene rings is 1. The Morgan fingerprint density at radius 2 is 2.06 bits per heavy atom. The molecular weight excluding hydrogens is 255 g/mol. The molecule has 0 spiro atoms. The molecule has 0 radical (unpaired) electrons. The van der Waals surface area contributed by atoms with Crippen molar-refractivity contribution in [3.05, 3.63) is 29.6 Å². The summed E-state index contributed by atoms with van der Waals surface area (Å²) in [4.78, 5) is 10.8. The van der Waals surface area contributed by atoms with Crippen molar-refractivity contribution in [2.24, 2.45) is 0 Å². The molecule has 0 amide bonds. The lowest BCUT2D eigenvalue weighted by atomic mass is 10.2. The van der Waals surface area contributed by atoms with Crippen LogP contribution in [0.5, 0.6) is 0 Å². The summed E-state index contributed by atoms with van der Waals surface area (Å²) in [7, 11) is -1.46. The molecule has 0 aliphatic heterocycles. The Balaban J connectivity index is 2.72. The van der Waals surface area contributed by atoms with Gasteiger partial charge in [-0.2, -0.15) is 0 Å². The molecule has 1 aromatic rings. The summed E-state index contributed by atoms with van der Waals surface area (Å²) in [6.07, 6.45) is 3.87. The van der Waals surface area contributed by atoms with Gasteiger partial charge in [0.05, 0.1) is 21.3 Å². The lowest BCUT2D eigenvalue weighted by Crippen LogP contribution is -2.04. The number of hydrogen-bond acceptors (Lipinski definition) is 2. The summed E-state index contributed by atoms with van der Waals surface area (Å²) in [6, 6.07) is 3.39. The van der Waals surface area contributed by atoms with Crippen molar-refractivity contribution in [2.75, 3.05) is 5.75 Å². The van der Waals surface area contributed by atoms with E-state index in [0.29, 0.717) is 5.75 Å². The molecule has 1 rings (SSSR count). The molecule has 0 heterocycles. The van der Waals surface area contributed by atoms with Crippen molar-refractivity contribution in [2.45, 2.75) is 37.5 Å². The van der Waals surface area contributed by atoms with Crippen molar-refractivity contribution in [1.82, 2.24) is 0 Å². The zero-order valence-corrected chi connectivity index (χ0v) is 11.1. The molecule has 1 unspecified atom stereocenters. The first-order valence-corrected chi connectivity index (χ1v) is 7.29. The van der Waals surface area contributed by atoms with E-state index in [9.17, 15) is 13.4 Å². The highest BCUT2D eigenvalue weighted by molar-refractivity contribution is 7.85. The number of hydrogen-bond donors (Lipinski definition) is 1. The quantitative estimate of drug-likeness (QED) is 0.775. The molecule has 0 aliphatic carbocycles. The summed E-state index contributed by atoms with van der Waals surface area (Å²) in [5, 5.41) is 8.81. The average molecular weight is 272 g/mol. The third-order valence-electron chi connectivity index (χ3n) is 2.61. The Morgan fingerprint density at radius 1 is 1.33 bits per heavy atom. The van der Waals surface area contributed by atoms with E-state index in [4.69, 9.17) is 5.11 Å². The summed E-state index contributed by atoms with van der Waals surface area (Å²) >= 11 is 0. The van der Waals surface area contributed by atoms with Gasteiger partial charge >= 0.3 is 5.97 Å². The third-order valence-corrected chi connectivity index (χ3v) is 4.07. The number of carboxylic acid groups (broad SMARTS) is 1. The van der Waals surface area contributed by atoms with Crippen LogP contribution in [-0.4, -0.2) is 21.0 Å². The molecule has 0 saturated heterocycles. The monoisotopic (exact) mass is 272 g/mol. The Labute approximate surface area is 108 Å². The standard InChI is InChI=1S/C13H17FO3S/c1-2-3-4-5-8-18(17)12-9-10(13(15)16)6-7-11(12)14/h6-7,9H,2-5,8H2,1H3,(H,15,16). The molecule has 0 fully saturated rings. The van der Waals surface area contributed by atoms with Gasteiger partial charge in [0, 0.05) is 5.75 Å². The minimum Gasteiger partial charge on any atom is -0.478 e. The van der Waals surface area contributed by atoms with Crippen molar-refractivity contribution in [3.8, 4) is 0 Å². The Kier molecular flexibility index (Phi) is 5.98. The number of carboxylic acids is 1. The highest BCUT2D eigenvalue weighted by atomic mass is 32.2. The summed E-state index contributed by atoms with van der Waals surface area (Å²) in [6.45, 7) is 2.08. The number of aromatic carboxylic acids is 1. The summed E-state index contributed by atoms with van der Waals surface area (Å²) < 4.78 is 25.4. The highest BCUT2D eigenvalue weighted by Gasteiger charge is 2.13. The SMILES string of the molecule is CCCCCCS(=O)c1cc(C(=O)O)ccc1F. The smallest absolute Gasteiger partial charge is 0.335 e. The second-order valence-electron chi connectivity index (χ2n) is 4.06. The first-order chi connectivity index (χ1) is 8.56. The predicted molar refractivity (Wildman–Crippen MR) is 68.8 cm³/mol. The molecule has 3 nitrogen and oxygen atoms in total. The van der Waals surface area contributed by atoms with Gasteiger partial charge in [-0.15, -0.1) is 0 Å². The van der Waals surface area contributed by atoms with E-state index in [1.807, 2.05) is 0 Å². The highest BCUT2D eigenvalue weighted by Crippen LogP contribution is 2.16. The van der Waals surface area contributed by atoms with Crippen molar-refractivity contribution in [3.63, 3.8) is 0 Å². The van der Waals surface area contributed by atoms with E-state index in [0.717, 1.165) is 37.8 Å². The molecular formula is C13H17FO3S. The zero-order valence-electron chi connectivity index (χ0n) is 10.3. The second-order valence-corrected chi connectivity index (χ2v) is 5.60. The van der Waals surface area contributed by atoms with Gasteiger partial charge in [0.2, 0.25) is 0 Å². The molecule has 5 heteroatoms. The topological polar surface area (TPSA) is 54.4 Å². The molecule has 100 valence electrons. The lowest BCUT2D eigenvalue weighted by molar-refractivity contribution is 0.0696. The van der Waals surface area contributed by atoms with Gasteiger partial charge in [-0.05, 0) is 24.6 Å². The van der Waals surface area contributed by atoms with E-state index in [1.54, 1.807) is 0 Å². The molecule has 1 N–H and O–H groups in total. The van der Waals surface area contributed by atoms with Crippen LogP contribution in [0.1, 0.15) is 43.0 Å². The van der Waals surface area contributed by atoms with Gasteiger partial charge in [0.15, 0.2) is 0 Å².